The Morgan fingerprint density at radius 2 is 0.955 bits per heavy atom. The van der Waals surface area contributed by atoms with Gasteiger partial charge in [0.25, 0.3) is 0 Å². The standard InChI is InChI=1S/C21H21P/c1-2-8-19(7-1)13-16-22(17-14-20-9-3-4-10-20)18-15-21-11-5-6-12-21/h1-7,9,11H,13-18H2. The van der Waals surface area contributed by atoms with Gasteiger partial charge in [0.2, 0.25) is 0 Å². The normalized spacial score (nSPS) is 17.0. The fraction of sp³-hybridized carbons (Fsp3) is 0.286. The van der Waals surface area contributed by atoms with Crippen molar-refractivity contribution in [3.8, 4) is 0 Å². The molecule has 110 valence electrons. The van der Waals surface area contributed by atoms with Crippen LogP contribution in [-0.4, -0.2) is 18.5 Å². The lowest BCUT2D eigenvalue weighted by Crippen LogP contribution is -1.98. The summed E-state index contributed by atoms with van der Waals surface area (Å²) in [5.74, 6) is 0. The van der Waals surface area contributed by atoms with Gasteiger partial charge in [-0.25, -0.2) is 0 Å². The van der Waals surface area contributed by atoms with E-state index in [1.807, 2.05) is 18.2 Å². The molecule has 0 atom stereocenters. The van der Waals surface area contributed by atoms with Crippen molar-refractivity contribution in [2.24, 2.45) is 0 Å². The molecule has 0 nitrogen and oxygen atoms in total. The van der Waals surface area contributed by atoms with E-state index in [1.54, 1.807) is 0 Å². The summed E-state index contributed by atoms with van der Waals surface area (Å²) in [4.78, 5) is 0. The van der Waals surface area contributed by atoms with Gasteiger partial charge < -0.3 is 0 Å². The molecular formula is C21H21P. The summed E-state index contributed by atoms with van der Waals surface area (Å²) in [5, 5.41) is 0. The van der Waals surface area contributed by atoms with E-state index in [2.05, 4.69) is 53.6 Å². The van der Waals surface area contributed by atoms with Crippen LogP contribution >= 0.6 is 7.92 Å². The maximum absolute atomic E-state index is 3.33. The maximum Gasteiger partial charge on any atom is -0.00566 e. The third-order valence-corrected chi connectivity index (χ3v) is 6.65. The molecule has 3 aliphatic rings. The molecule has 22 heavy (non-hydrogen) atoms. The minimum atomic E-state index is 0.0650. The largest absolute Gasteiger partial charge is 0.117 e. The molecule has 1 heteroatoms. The van der Waals surface area contributed by atoms with Gasteiger partial charge in [-0.15, -0.1) is 25.1 Å². The van der Waals surface area contributed by atoms with Gasteiger partial charge in [0, 0.05) is 0 Å². The third kappa shape index (κ3) is 4.61. The molecule has 0 spiro atoms. The highest BCUT2D eigenvalue weighted by molar-refractivity contribution is 7.57. The molecule has 0 aromatic carbocycles. The summed E-state index contributed by atoms with van der Waals surface area (Å²) in [5.41, 5.74) is 14.1. The van der Waals surface area contributed by atoms with Crippen LogP contribution < -0.4 is 0 Å². The van der Waals surface area contributed by atoms with Gasteiger partial charge in [-0.2, -0.15) is 0 Å². The highest BCUT2D eigenvalue weighted by atomic mass is 31.1. The Labute approximate surface area is 134 Å². The van der Waals surface area contributed by atoms with Crippen LogP contribution in [0.5, 0.6) is 0 Å². The van der Waals surface area contributed by atoms with Crippen molar-refractivity contribution in [3.63, 3.8) is 0 Å². The molecule has 0 unspecified atom stereocenters. The average Bonchev–Trinajstić information content (AvgIpc) is 3.29. The maximum atomic E-state index is 3.33. The molecule has 0 aromatic heterocycles. The lowest BCUT2D eigenvalue weighted by atomic mass is 10.2. The van der Waals surface area contributed by atoms with Gasteiger partial charge in [-0.3, -0.25) is 0 Å². The van der Waals surface area contributed by atoms with E-state index in [0.29, 0.717) is 0 Å². The topological polar surface area (TPSA) is 0 Å². The van der Waals surface area contributed by atoms with Crippen LogP contribution in [0.1, 0.15) is 19.3 Å². The van der Waals surface area contributed by atoms with E-state index >= 15 is 0 Å². The average molecular weight is 304 g/mol. The molecule has 0 amide bonds. The molecule has 0 bridgehead atoms. The summed E-state index contributed by atoms with van der Waals surface area (Å²) >= 11 is 0. The second-order valence-corrected chi connectivity index (χ2v) is 8.36. The van der Waals surface area contributed by atoms with E-state index in [9.17, 15) is 0 Å². The third-order valence-electron chi connectivity index (χ3n) is 4.08. The quantitative estimate of drug-likeness (QED) is 0.384. The number of rotatable bonds is 9. The predicted octanol–water partition coefficient (Wildman–Crippen LogP) is 5.59. The zero-order valence-corrected chi connectivity index (χ0v) is 13.8. The molecule has 0 saturated carbocycles. The van der Waals surface area contributed by atoms with Crippen molar-refractivity contribution >= 4 is 7.92 Å². The fourth-order valence-corrected chi connectivity index (χ4v) is 5.08. The smallest absolute Gasteiger partial charge is 0.00566 e. The van der Waals surface area contributed by atoms with Crippen molar-refractivity contribution in [2.75, 3.05) is 18.5 Å². The van der Waals surface area contributed by atoms with E-state index in [0.717, 1.165) is 0 Å². The monoisotopic (exact) mass is 304 g/mol. The molecule has 0 aromatic rings. The van der Waals surface area contributed by atoms with Crippen LogP contribution in [0.2, 0.25) is 0 Å². The van der Waals surface area contributed by atoms with Crippen LogP contribution in [0, 0.1) is 0 Å². The predicted molar refractivity (Wildman–Crippen MR) is 97.6 cm³/mol. The van der Waals surface area contributed by atoms with Crippen molar-refractivity contribution in [1.29, 1.82) is 0 Å². The first kappa shape index (κ1) is 15.1. The molecule has 0 saturated heterocycles. The molecule has 0 fully saturated rings. The van der Waals surface area contributed by atoms with Crippen molar-refractivity contribution < 1.29 is 0 Å². The van der Waals surface area contributed by atoms with Crippen LogP contribution in [0.15, 0.2) is 88.6 Å². The Bertz CT molecular complexity index is 605. The van der Waals surface area contributed by atoms with Crippen LogP contribution in [0.3, 0.4) is 0 Å². The van der Waals surface area contributed by atoms with Gasteiger partial charge in [0.1, 0.15) is 0 Å². The van der Waals surface area contributed by atoms with Gasteiger partial charge in [0.15, 0.2) is 0 Å². The summed E-state index contributed by atoms with van der Waals surface area (Å²) in [6.07, 6.45) is 26.4. The Balaban J connectivity index is 1.51. The van der Waals surface area contributed by atoms with Crippen molar-refractivity contribution in [1.82, 2.24) is 0 Å². The lowest BCUT2D eigenvalue weighted by Gasteiger charge is -2.17. The van der Waals surface area contributed by atoms with Crippen molar-refractivity contribution in [3.05, 3.63) is 88.6 Å². The Kier molecular flexibility index (Phi) is 5.50. The van der Waals surface area contributed by atoms with E-state index in [-0.39, 0.29) is 7.92 Å². The van der Waals surface area contributed by atoms with E-state index < -0.39 is 0 Å². The number of hydrogen-bond donors (Lipinski definition) is 0. The first-order chi connectivity index (χ1) is 10.9. The van der Waals surface area contributed by atoms with E-state index in [4.69, 9.17) is 0 Å². The summed E-state index contributed by atoms with van der Waals surface area (Å²) in [7, 11) is 0.0650. The number of allylic oxidation sites excluding steroid dienone is 9. The Morgan fingerprint density at radius 1 is 0.591 bits per heavy atom. The number of hydrogen-bond acceptors (Lipinski definition) is 0. The Hall–Kier alpha value is -1.79. The first-order valence-electron chi connectivity index (χ1n) is 7.99. The second-order valence-electron chi connectivity index (χ2n) is 5.68. The molecular weight excluding hydrogens is 283 g/mol. The second kappa shape index (κ2) is 8.00. The van der Waals surface area contributed by atoms with E-state index in [1.165, 1.54) is 54.5 Å². The summed E-state index contributed by atoms with van der Waals surface area (Å²) < 4.78 is 0. The highest BCUT2D eigenvalue weighted by Gasteiger charge is 2.11. The van der Waals surface area contributed by atoms with Gasteiger partial charge in [0.05, 0.1) is 0 Å². The minimum absolute atomic E-state index is 0.0650. The first-order valence-corrected chi connectivity index (χ1v) is 9.89. The summed E-state index contributed by atoms with van der Waals surface area (Å²) in [6, 6.07) is 0. The summed E-state index contributed by atoms with van der Waals surface area (Å²) in [6.45, 7) is 0. The fourth-order valence-electron chi connectivity index (χ4n) is 2.74. The molecule has 0 N–H and O–H groups in total. The van der Waals surface area contributed by atoms with Crippen LogP contribution in [0.25, 0.3) is 0 Å². The van der Waals surface area contributed by atoms with Gasteiger partial charge in [-0.1, -0.05) is 36.5 Å². The SMILES string of the molecule is C1=CC=CC=1CCP(CCC1=C=CC=C1)CCC1=C=CC=C1. The van der Waals surface area contributed by atoms with Crippen molar-refractivity contribution in [2.45, 2.75) is 19.3 Å². The molecule has 0 aliphatic heterocycles. The van der Waals surface area contributed by atoms with Gasteiger partial charge in [-0.05, 0) is 72.7 Å². The molecule has 0 radical (unpaired) electrons. The molecule has 3 aliphatic carbocycles. The highest BCUT2D eigenvalue weighted by Crippen LogP contribution is 2.40. The zero-order valence-electron chi connectivity index (χ0n) is 12.9. The molecule has 0 heterocycles. The Morgan fingerprint density at radius 3 is 1.23 bits per heavy atom. The lowest BCUT2D eigenvalue weighted by molar-refractivity contribution is 1.08. The zero-order chi connectivity index (χ0) is 15.0. The minimum Gasteiger partial charge on any atom is -0.117 e. The van der Waals surface area contributed by atoms with Crippen LogP contribution in [-0.2, 0) is 0 Å². The molecule has 3 rings (SSSR count). The van der Waals surface area contributed by atoms with Crippen LogP contribution in [0.4, 0.5) is 0 Å². The van der Waals surface area contributed by atoms with Gasteiger partial charge >= 0.3 is 0 Å².